The third-order valence-corrected chi connectivity index (χ3v) is 3.97. The molecule has 96 valence electrons. The van der Waals surface area contributed by atoms with Gasteiger partial charge in [0.05, 0.1) is 11.7 Å². The number of hydrogen-bond donors (Lipinski definition) is 2. The maximum atomic E-state index is 10.6. The molecule has 0 fully saturated rings. The summed E-state index contributed by atoms with van der Waals surface area (Å²) in [5, 5.41) is 21.0. The van der Waals surface area contributed by atoms with E-state index in [1.54, 1.807) is 0 Å². The Kier molecular flexibility index (Phi) is 4.72. The molecular formula is C15H24O2. The normalized spacial score (nSPS) is 18.8. The topological polar surface area (TPSA) is 40.5 Å². The summed E-state index contributed by atoms with van der Waals surface area (Å²) in [5.41, 5.74) is 0.0439. The Morgan fingerprint density at radius 3 is 2.06 bits per heavy atom. The van der Waals surface area contributed by atoms with E-state index in [4.69, 9.17) is 0 Å². The highest BCUT2D eigenvalue weighted by molar-refractivity contribution is 5.18. The Labute approximate surface area is 104 Å². The molecule has 0 amide bonds. The van der Waals surface area contributed by atoms with E-state index < -0.39 is 11.7 Å². The summed E-state index contributed by atoms with van der Waals surface area (Å²) in [5.74, 6) is -0.0595. The second kappa shape index (κ2) is 5.65. The Morgan fingerprint density at radius 2 is 1.65 bits per heavy atom. The molecule has 0 radical (unpaired) electrons. The average Bonchev–Trinajstić information content (AvgIpc) is 2.36. The lowest BCUT2D eigenvalue weighted by Crippen LogP contribution is -2.43. The van der Waals surface area contributed by atoms with Crippen LogP contribution in [0.5, 0.6) is 0 Å². The second-order valence-electron chi connectivity index (χ2n) is 5.14. The molecule has 0 aliphatic heterocycles. The molecule has 0 unspecified atom stereocenters. The van der Waals surface area contributed by atoms with Gasteiger partial charge in [0.15, 0.2) is 0 Å². The molecule has 1 aromatic carbocycles. The summed E-state index contributed by atoms with van der Waals surface area (Å²) in [6.45, 7) is 7.88. The molecule has 2 N–H and O–H groups in total. The van der Waals surface area contributed by atoms with Crippen LogP contribution in [0.25, 0.3) is 0 Å². The number of benzene rings is 1. The van der Waals surface area contributed by atoms with Crippen molar-refractivity contribution in [2.45, 2.75) is 45.8 Å². The Morgan fingerprint density at radius 1 is 1.12 bits per heavy atom. The van der Waals surface area contributed by atoms with Gasteiger partial charge < -0.3 is 10.2 Å². The molecular weight excluding hydrogens is 212 g/mol. The fraction of sp³-hybridized carbons (Fsp3) is 0.600. The molecule has 1 aromatic rings. The monoisotopic (exact) mass is 236 g/mol. The minimum atomic E-state index is -0.824. The van der Waals surface area contributed by atoms with Crippen molar-refractivity contribution in [3.63, 3.8) is 0 Å². The molecule has 1 rings (SSSR count). The number of aliphatic hydroxyl groups is 2. The zero-order valence-corrected chi connectivity index (χ0v) is 11.2. The van der Waals surface area contributed by atoms with Crippen LogP contribution in [0.15, 0.2) is 30.3 Å². The van der Waals surface area contributed by atoms with Crippen LogP contribution in [0.4, 0.5) is 0 Å². The van der Waals surface area contributed by atoms with E-state index in [1.807, 2.05) is 58.0 Å². The maximum absolute atomic E-state index is 10.6. The van der Waals surface area contributed by atoms with Gasteiger partial charge >= 0.3 is 0 Å². The van der Waals surface area contributed by atoms with Crippen LogP contribution < -0.4 is 0 Å². The van der Waals surface area contributed by atoms with E-state index in [1.165, 1.54) is 0 Å². The van der Waals surface area contributed by atoms with Gasteiger partial charge in [0.2, 0.25) is 0 Å². The van der Waals surface area contributed by atoms with Crippen LogP contribution in [0.2, 0.25) is 0 Å². The molecule has 17 heavy (non-hydrogen) atoms. The predicted molar refractivity (Wildman–Crippen MR) is 70.6 cm³/mol. The minimum Gasteiger partial charge on any atom is -0.389 e. The van der Waals surface area contributed by atoms with E-state index in [0.29, 0.717) is 6.42 Å². The zero-order chi connectivity index (χ0) is 13.1. The van der Waals surface area contributed by atoms with Crippen molar-refractivity contribution in [2.24, 2.45) is 11.8 Å². The minimum absolute atomic E-state index is 0.126. The standard InChI is InChI=1S/C15H24O2/c1-5-15(17,11(2)3)12(4)14(16)13-9-7-6-8-10-13/h6-12,14,16-17H,5H2,1-4H3/t12-,14-,15+/m0/s1. The fourth-order valence-electron chi connectivity index (χ4n) is 2.47. The van der Waals surface area contributed by atoms with E-state index in [2.05, 4.69) is 0 Å². The van der Waals surface area contributed by atoms with Gasteiger partial charge in [0.25, 0.3) is 0 Å². The van der Waals surface area contributed by atoms with Gasteiger partial charge in [0.1, 0.15) is 0 Å². The molecule has 2 nitrogen and oxygen atoms in total. The lowest BCUT2D eigenvalue weighted by Gasteiger charge is -2.39. The van der Waals surface area contributed by atoms with Gasteiger partial charge in [-0.1, -0.05) is 58.0 Å². The maximum Gasteiger partial charge on any atom is 0.0843 e. The molecule has 0 aromatic heterocycles. The summed E-state index contributed by atoms with van der Waals surface area (Å²) in [6, 6.07) is 9.54. The number of aliphatic hydroxyl groups excluding tert-OH is 1. The SMILES string of the molecule is CC[C@@](O)(C(C)C)[C@@H](C)[C@H](O)c1ccccc1. The van der Waals surface area contributed by atoms with Crippen molar-refractivity contribution < 1.29 is 10.2 Å². The van der Waals surface area contributed by atoms with E-state index in [-0.39, 0.29) is 11.8 Å². The molecule has 0 heterocycles. The quantitative estimate of drug-likeness (QED) is 0.824. The molecule has 0 bridgehead atoms. The van der Waals surface area contributed by atoms with Crippen LogP contribution in [0.1, 0.15) is 45.8 Å². The van der Waals surface area contributed by atoms with Crippen molar-refractivity contribution in [3.05, 3.63) is 35.9 Å². The third kappa shape index (κ3) is 2.88. The molecule has 0 saturated carbocycles. The largest absolute Gasteiger partial charge is 0.389 e. The van der Waals surface area contributed by atoms with Crippen molar-refractivity contribution in [2.75, 3.05) is 0 Å². The highest BCUT2D eigenvalue weighted by Crippen LogP contribution is 2.37. The van der Waals surface area contributed by atoms with Crippen LogP contribution >= 0.6 is 0 Å². The molecule has 0 saturated heterocycles. The van der Waals surface area contributed by atoms with Gasteiger partial charge in [-0.25, -0.2) is 0 Å². The second-order valence-corrected chi connectivity index (χ2v) is 5.14. The van der Waals surface area contributed by atoms with Gasteiger partial charge in [0, 0.05) is 5.92 Å². The van der Waals surface area contributed by atoms with Gasteiger partial charge in [-0.15, -0.1) is 0 Å². The van der Waals surface area contributed by atoms with Crippen LogP contribution in [0.3, 0.4) is 0 Å². The molecule has 3 atom stereocenters. The summed E-state index contributed by atoms with van der Waals surface area (Å²) in [7, 11) is 0. The molecule has 0 aliphatic rings. The first-order valence-corrected chi connectivity index (χ1v) is 6.38. The molecule has 0 aliphatic carbocycles. The first-order chi connectivity index (χ1) is 7.93. The van der Waals surface area contributed by atoms with Crippen molar-refractivity contribution in [1.29, 1.82) is 0 Å². The van der Waals surface area contributed by atoms with Crippen molar-refractivity contribution in [3.8, 4) is 0 Å². The van der Waals surface area contributed by atoms with Gasteiger partial charge in [-0.2, -0.15) is 0 Å². The van der Waals surface area contributed by atoms with E-state index >= 15 is 0 Å². The summed E-state index contributed by atoms with van der Waals surface area (Å²) < 4.78 is 0. The lowest BCUT2D eigenvalue weighted by atomic mass is 9.73. The Balaban J connectivity index is 2.93. The van der Waals surface area contributed by atoms with Crippen LogP contribution in [-0.4, -0.2) is 15.8 Å². The first kappa shape index (κ1) is 14.2. The van der Waals surface area contributed by atoms with E-state index in [0.717, 1.165) is 5.56 Å². The summed E-state index contributed by atoms with van der Waals surface area (Å²) >= 11 is 0. The fourth-order valence-corrected chi connectivity index (χ4v) is 2.47. The Hall–Kier alpha value is -0.860. The van der Waals surface area contributed by atoms with Crippen molar-refractivity contribution in [1.82, 2.24) is 0 Å². The Bertz CT molecular complexity index is 334. The average molecular weight is 236 g/mol. The van der Waals surface area contributed by atoms with Gasteiger partial charge in [-0.05, 0) is 17.9 Å². The number of hydrogen-bond acceptors (Lipinski definition) is 2. The zero-order valence-electron chi connectivity index (χ0n) is 11.2. The van der Waals surface area contributed by atoms with Crippen molar-refractivity contribution >= 4 is 0 Å². The summed E-state index contributed by atoms with van der Waals surface area (Å²) in [6.07, 6.45) is 0.0268. The van der Waals surface area contributed by atoms with Gasteiger partial charge in [-0.3, -0.25) is 0 Å². The predicted octanol–water partition coefficient (Wildman–Crippen LogP) is 3.15. The smallest absolute Gasteiger partial charge is 0.0843 e. The van der Waals surface area contributed by atoms with Crippen LogP contribution in [-0.2, 0) is 0 Å². The first-order valence-electron chi connectivity index (χ1n) is 6.38. The molecule has 2 heteroatoms. The van der Waals surface area contributed by atoms with Crippen LogP contribution in [0, 0.1) is 11.8 Å². The highest BCUT2D eigenvalue weighted by Gasteiger charge is 2.39. The number of rotatable bonds is 5. The molecule has 0 spiro atoms. The third-order valence-electron chi connectivity index (χ3n) is 3.97. The highest BCUT2D eigenvalue weighted by atomic mass is 16.3. The summed E-state index contributed by atoms with van der Waals surface area (Å²) in [4.78, 5) is 0. The van der Waals surface area contributed by atoms with E-state index in [9.17, 15) is 10.2 Å². The lowest BCUT2D eigenvalue weighted by molar-refractivity contribution is -0.0982.